The number of nitrogens with two attached hydrogens (primary N) is 1. The summed E-state index contributed by atoms with van der Waals surface area (Å²) in [4.78, 5) is 9.10. The third kappa shape index (κ3) is 1.98. The standard InChI is InChI=1S/C14H12N4S/c1-9-8-10-4-2-3-5-11(10)17-13(9)18-7-6-16-14(18)12(15)19/h2-8H,1H3,(H2,15,19). The van der Waals surface area contributed by atoms with Gasteiger partial charge in [-0.05, 0) is 24.6 Å². The molecule has 0 spiro atoms. The monoisotopic (exact) mass is 268 g/mol. The van der Waals surface area contributed by atoms with Crippen LogP contribution in [0.4, 0.5) is 0 Å². The summed E-state index contributed by atoms with van der Waals surface area (Å²) in [7, 11) is 0. The van der Waals surface area contributed by atoms with Gasteiger partial charge < -0.3 is 5.73 Å². The molecule has 94 valence electrons. The number of benzene rings is 1. The van der Waals surface area contributed by atoms with Crippen molar-refractivity contribution < 1.29 is 0 Å². The van der Waals surface area contributed by atoms with Gasteiger partial charge in [0.1, 0.15) is 10.8 Å². The van der Waals surface area contributed by atoms with E-state index in [0.717, 1.165) is 22.3 Å². The van der Waals surface area contributed by atoms with E-state index in [9.17, 15) is 0 Å². The Hall–Kier alpha value is -2.27. The highest BCUT2D eigenvalue weighted by atomic mass is 32.1. The van der Waals surface area contributed by atoms with Crippen LogP contribution in [0, 0.1) is 6.92 Å². The number of aromatic nitrogens is 3. The number of hydrogen-bond donors (Lipinski definition) is 1. The second-order valence-electron chi connectivity index (χ2n) is 4.31. The van der Waals surface area contributed by atoms with Gasteiger partial charge in [-0.1, -0.05) is 30.4 Å². The van der Waals surface area contributed by atoms with Crippen molar-refractivity contribution in [2.24, 2.45) is 5.73 Å². The second-order valence-corrected chi connectivity index (χ2v) is 4.75. The molecule has 0 atom stereocenters. The van der Waals surface area contributed by atoms with E-state index in [2.05, 4.69) is 16.0 Å². The molecule has 0 saturated heterocycles. The molecule has 0 unspecified atom stereocenters. The zero-order valence-corrected chi connectivity index (χ0v) is 11.2. The average molecular weight is 268 g/mol. The minimum atomic E-state index is 0.263. The molecule has 0 aliphatic carbocycles. The van der Waals surface area contributed by atoms with E-state index in [1.807, 2.05) is 42.0 Å². The SMILES string of the molecule is Cc1cc2ccccc2nc1-n1ccnc1C(N)=S. The van der Waals surface area contributed by atoms with Crippen molar-refractivity contribution in [2.45, 2.75) is 6.92 Å². The molecule has 1 aromatic carbocycles. The van der Waals surface area contributed by atoms with E-state index < -0.39 is 0 Å². The summed E-state index contributed by atoms with van der Waals surface area (Å²) in [5.41, 5.74) is 7.67. The first-order chi connectivity index (χ1) is 9.16. The maximum Gasteiger partial charge on any atom is 0.173 e. The molecule has 0 radical (unpaired) electrons. The molecule has 0 aliphatic heterocycles. The van der Waals surface area contributed by atoms with Crippen molar-refractivity contribution in [3.05, 3.63) is 54.1 Å². The van der Waals surface area contributed by atoms with Gasteiger partial charge in [-0.2, -0.15) is 0 Å². The Morgan fingerprint density at radius 1 is 1.32 bits per heavy atom. The second kappa shape index (κ2) is 4.44. The maximum absolute atomic E-state index is 5.68. The fraction of sp³-hybridized carbons (Fsp3) is 0.0714. The van der Waals surface area contributed by atoms with Crippen LogP contribution < -0.4 is 5.73 Å². The van der Waals surface area contributed by atoms with Crippen molar-refractivity contribution in [3.8, 4) is 5.82 Å². The van der Waals surface area contributed by atoms with Crippen molar-refractivity contribution in [3.63, 3.8) is 0 Å². The van der Waals surface area contributed by atoms with Crippen LogP contribution in [0.2, 0.25) is 0 Å². The molecule has 0 aliphatic rings. The number of thiocarbonyl (C=S) groups is 1. The topological polar surface area (TPSA) is 56.7 Å². The van der Waals surface area contributed by atoms with Crippen LogP contribution in [0.25, 0.3) is 16.7 Å². The van der Waals surface area contributed by atoms with Gasteiger partial charge >= 0.3 is 0 Å². The molecule has 0 fully saturated rings. The third-order valence-corrected chi connectivity index (χ3v) is 3.16. The van der Waals surface area contributed by atoms with E-state index in [0.29, 0.717) is 5.82 Å². The highest BCUT2D eigenvalue weighted by Gasteiger charge is 2.11. The fourth-order valence-corrected chi connectivity index (χ4v) is 2.26. The summed E-state index contributed by atoms with van der Waals surface area (Å²) in [6.45, 7) is 2.01. The van der Waals surface area contributed by atoms with Gasteiger partial charge in [-0.25, -0.2) is 9.97 Å². The van der Waals surface area contributed by atoms with Gasteiger partial charge in [0, 0.05) is 17.8 Å². The van der Waals surface area contributed by atoms with Crippen LogP contribution in [0.5, 0.6) is 0 Å². The fourth-order valence-electron chi connectivity index (χ4n) is 2.11. The predicted octanol–water partition coefficient (Wildman–Crippen LogP) is 2.36. The molecule has 3 aromatic rings. The minimum absolute atomic E-state index is 0.263. The summed E-state index contributed by atoms with van der Waals surface area (Å²) < 4.78 is 1.82. The first-order valence-electron chi connectivity index (χ1n) is 5.87. The molecule has 5 heteroatoms. The highest BCUT2D eigenvalue weighted by molar-refractivity contribution is 7.80. The number of para-hydroxylation sites is 1. The lowest BCUT2D eigenvalue weighted by Gasteiger charge is -2.10. The summed E-state index contributed by atoms with van der Waals surface area (Å²) in [6.07, 6.45) is 3.49. The van der Waals surface area contributed by atoms with Crippen LogP contribution in [0.3, 0.4) is 0 Å². The van der Waals surface area contributed by atoms with Crippen LogP contribution in [-0.2, 0) is 0 Å². The Morgan fingerprint density at radius 2 is 2.11 bits per heavy atom. The summed E-state index contributed by atoms with van der Waals surface area (Å²) >= 11 is 5.01. The summed E-state index contributed by atoms with van der Waals surface area (Å²) in [5.74, 6) is 1.36. The molecule has 0 bridgehead atoms. The number of rotatable bonds is 2. The molecule has 2 heterocycles. The maximum atomic E-state index is 5.68. The van der Waals surface area contributed by atoms with Gasteiger partial charge in [-0.3, -0.25) is 4.57 Å². The normalized spacial score (nSPS) is 10.8. The quantitative estimate of drug-likeness (QED) is 0.725. The molecular formula is C14H12N4S. The third-order valence-electron chi connectivity index (χ3n) is 2.98. The van der Waals surface area contributed by atoms with E-state index >= 15 is 0 Å². The van der Waals surface area contributed by atoms with E-state index in [1.165, 1.54) is 0 Å². The Kier molecular flexibility index (Phi) is 2.76. The Bertz CT molecular complexity index is 776. The number of imidazole rings is 1. The smallest absolute Gasteiger partial charge is 0.173 e. The molecule has 0 saturated carbocycles. The van der Waals surface area contributed by atoms with Crippen molar-refractivity contribution in [1.29, 1.82) is 0 Å². The number of nitrogens with zero attached hydrogens (tertiary/aromatic N) is 3. The number of fused-ring (bicyclic) bond motifs is 1. The largest absolute Gasteiger partial charge is 0.387 e. The Balaban J connectivity index is 2.27. The lowest BCUT2D eigenvalue weighted by molar-refractivity contribution is 0.973. The first-order valence-corrected chi connectivity index (χ1v) is 6.27. The summed E-state index contributed by atoms with van der Waals surface area (Å²) in [5, 5.41) is 1.11. The number of hydrogen-bond acceptors (Lipinski definition) is 3. The van der Waals surface area contributed by atoms with Crippen LogP contribution in [-0.4, -0.2) is 19.5 Å². The van der Waals surface area contributed by atoms with E-state index in [4.69, 9.17) is 18.0 Å². The predicted molar refractivity (Wildman–Crippen MR) is 79.5 cm³/mol. The molecule has 0 amide bonds. The molecular weight excluding hydrogens is 256 g/mol. The first kappa shape index (κ1) is 11.8. The van der Waals surface area contributed by atoms with Crippen molar-refractivity contribution in [1.82, 2.24) is 14.5 Å². The van der Waals surface area contributed by atoms with Gasteiger partial charge in [0.05, 0.1) is 5.52 Å². The van der Waals surface area contributed by atoms with Gasteiger partial charge in [0.2, 0.25) is 0 Å². The van der Waals surface area contributed by atoms with E-state index in [-0.39, 0.29) is 4.99 Å². The van der Waals surface area contributed by atoms with Crippen LogP contribution in [0.15, 0.2) is 42.7 Å². The highest BCUT2D eigenvalue weighted by Crippen LogP contribution is 2.19. The van der Waals surface area contributed by atoms with Crippen LogP contribution in [0.1, 0.15) is 11.4 Å². The zero-order chi connectivity index (χ0) is 13.4. The molecule has 4 nitrogen and oxygen atoms in total. The van der Waals surface area contributed by atoms with Crippen molar-refractivity contribution in [2.75, 3.05) is 0 Å². The number of pyridine rings is 1. The van der Waals surface area contributed by atoms with Gasteiger partial charge in [-0.15, -0.1) is 0 Å². The molecule has 19 heavy (non-hydrogen) atoms. The molecule has 3 rings (SSSR count). The molecule has 2 aromatic heterocycles. The zero-order valence-electron chi connectivity index (χ0n) is 10.4. The number of aryl methyl sites for hydroxylation is 1. The van der Waals surface area contributed by atoms with E-state index in [1.54, 1.807) is 6.20 Å². The summed E-state index contributed by atoms with van der Waals surface area (Å²) in [6, 6.07) is 10.1. The molecule has 2 N–H and O–H groups in total. The van der Waals surface area contributed by atoms with Crippen molar-refractivity contribution >= 4 is 28.1 Å². The van der Waals surface area contributed by atoms with Crippen LogP contribution >= 0.6 is 12.2 Å². The Morgan fingerprint density at radius 3 is 2.89 bits per heavy atom. The van der Waals surface area contributed by atoms with Gasteiger partial charge in [0.25, 0.3) is 0 Å². The lowest BCUT2D eigenvalue weighted by Crippen LogP contribution is -2.17. The Labute approximate surface area is 115 Å². The average Bonchev–Trinajstić information content (AvgIpc) is 2.87. The lowest BCUT2D eigenvalue weighted by atomic mass is 10.1. The van der Waals surface area contributed by atoms with Gasteiger partial charge in [0.15, 0.2) is 5.82 Å². The minimum Gasteiger partial charge on any atom is -0.387 e.